The van der Waals surface area contributed by atoms with Gasteiger partial charge in [-0.25, -0.2) is 9.97 Å². The molecule has 7 nitrogen and oxygen atoms in total. The number of ether oxygens (including phenoxy) is 3. The molecule has 1 saturated heterocycles. The van der Waals surface area contributed by atoms with Crippen molar-refractivity contribution in [3.63, 3.8) is 0 Å². The first-order valence-electron chi connectivity index (χ1n) is 10.7. The molecule has 2 aromatic heterocycles. The van der Waals surface area contributed by atoms with Gasteiger partial charge >= 0.3 is 0 Å². The van der Waals surface area contributed by atoms with Crippen LogP contribution in [-0.2, 0) is 0 Å². The predicted octanol–water partition coefficient (Wildman–Crippen LogP) is 4.78. The molecule has 1 fully saturated rings. The van der Waals surface area contributed by atoms with Gasteiger partial charge in [0.25, 0.3) is 0 Å². The molecule has 0 unspecified atom stereocenters. The van der Waals surface area contributed by atoms with Crippen LogP contribution in [0.15, 0.2) is 48.9 Å². The second-order valence-corrected chi connectivity index (χ2v) is 7.78. The first-order chi connectivity index (χ1) is 15.3. The zero-order chi connectivity index (χ0) is 21.0. The minimum Gasteiger partial charge on any atom is -0.493 e. The molecule has 160 valence electrons. The molecule has 0 amide bonds. The quantitative estimate of drug-likeness (QED) is 0.415. The van der Waals surface area contributed by atoms with E-state index in [0.717, 1.165) is 34.8 Å². The maximum Gasteiger partial charge on any atom is 0.230 e. The fourth-order valence-corrected chi connectivity index (χ4v) is 4.07. The summed E-state index contributed by atoms with van der Waals surface area (Å²) in [4.78, 5) is 14.4. The van der Waals surface area contributed by atoms with Crippen molar-refractivity contribution in [1.82, 2.24) is 19.9 Å². The van der Waals surface area contributed by atoms with Crippen LogP contribution in [0.5, 0.6) is 23.1 Å². The molecule has 7 heteroatoms. The summed E-state index contributed by atoms with van der Waals surface area (Å²) in [6, 6.07) is 11.7. The molecule has 0 atom stereocenters. The standard InChI is InChI=1S/C24H26N4O3/c1-29-22-14-19-21(15-23(22)30-12-4-11-28-9-2-3-10-28)26-16-27-24(19)31-18-6-5-17-7-8-25-20(17)13-18/h5-8,13-16,25H,2-4,9-12H2,1H3. The zero-order valence-corrected chi connectivity index (χ0v) is 17.6. The Balaban J connectivity index is 1.35. The number of methoxy groups -OCH3 is 1. The van der Waals surface area contributed by atoms with E-state index in [9.17, 15) is 0 Å². The van der Waals surface area contributed by atoms with E-state index in [-0.39, 0.29) is 0 Å². The Kier molecular flexibility index (Phi) is 5.58. The summed E-state index contributed by atoms with van der Waals surface area (Å²) in [5, 5.41) is 1.91. The molecular formula is C24H26N4O3. The maximum absolute atomic E-state index is 6.09. The minimum atomic E-state index is 0.481. The van der Waals surface area contributed by atoms with Crippen molar-refractivity contribution >= 4 is 21.8 Å². The molecule has 0 radical (unpaired) electrons. The number of H-pyrrole nitrogens is 1. The van der Waals surface area contributed by atoms with Gasteiger partial charge in [-0.15, -0.1) is 0 Å². The SMILES string of the molecule is COc1cc2c(Oc3ccc4cc[nH]c4c3)ncnc2cc1OCCCN1CCCC1. The van der Waals surface area contributed by atoms with Gasteiger partial charge in [-0.05, 0) is 62.0 Å². The molecule has 5 rings (SSSR count). The van der Waals surface area contributed by atoms with Crippen LogP contribution in [0.4, 0.5) is 0 Å². The van der Waals surface area contributed by atoms with Gasteiger partial charge in [0.15, 0.2) is 11.5 Å². The van der Waals surface area contributed by atoms with Crippen LogP contribution in [0.1, 0.15) is 19.3 Å². The summed E-state index contributed by atoms with van der Waals surface area (Å²) in [5.74, 6) is 2.52. The Hall–Kier alpha value is -3.32. The van der Waals surface area contributed by atoms with Gasteiger partial charge in [0, 0.05) is 30.4 Å². The topological polar surface area (TPSA) is 72.5 Å². The number of rotatable bonds is 8. The number of aromatic amines is 1. The lowest BCUT2D eigenvalue weighted by Gasteiger charge is -2.16. The van der Waals surface area contributed by atoms with Gasteiger partial charge in [-0.2, -0.15) is 0 Å². The molecule has 1 aliphatic rings. The largest absolute Gasteiger partial charge is 0.493 e. The fraction of sp³-hybridized carbons (Fsp3) is 0.333. The minimum absolute atomic E-state index is 0.481. The van der Waals surface area contributed by atoms with Crippen molar-refractivity contribution in [3.8, 4) is 23.1 Å². The van der Waals surface area contributed by atoms with Gasteiger partial charge < -0.3 is 24.1 Å². The third-order valence-corrected chi connectivity index (χ3v) is 5.70. The lowest BCUT2D eigenvalue weighted by Crippen LogP contribution is -2.21. The van der Waals surface area contributed by atoms with Crippen LogP contribution < -0.4 is 14.2 Å². The van der Waals surface area contributed by atoms with E-state index in [0.29, 0.717) is 29.7 Å². The van der Waals surface area contributed by atoms with Crippen LogP contribution in [0.25, 0.3) is 21.8 Å². The van der Waals surface area contributed by atoms with E-state index < -0.39 is 0 Å². The van der Waals surface area contributed by atoms with Gasteiger partial charge in [0.1, 0.15) is 12.1 Å². The first-order valence-corrected chi connectivity index (χ1v) is 10.7. The molecule has 1 N–H and O–H groups in total. The fourth-order valence-electron chi connectivity index (χ4n) is 4.07. The average Bonchev–Trinajstić information content (AvgIpc) is 3.48. The Bertz CT molecular complexity index is 1180. The highest BCUT2D eigenvalue weighted by atomic mass is 16.5. The second kappa shape index (κ2) is 8.81. The first kappa shape index (κ1) is 19.6. The lowest BCUT2D eigenvalue weighted by atomic mass is 10.2. The molecule has 0 aliphatic carbocycles. The average molecular weight is 418 g/mol. The number of hydrogen-bond donors (Lipinski definition) is 1. The lowest BCUT2D eigenvalue weighted by molar-refractivity contribution is 0.254. The second-order valence-electron chi connectivity index (χ2n) is 7.78. The molecular weight excluding hydrogens is 392 g/mol. The van der Waals surface area contributed by atoms with Crippen molar-refractivity contribution in [3.05, 3.63) is 48.9 Å². The highest BCUT2D eigenvalue weighted by Gasteiger charge is 2.14. The normalized spacial score (nSPS) is 14.4. The van der Waals surface area contributed by atoms with E-state index in [1.165, 1.54) is 32.3 Å². The van der Waals surface area contributed by atoms with E-state index in [1.54, 1.807) is 7.11 Å². The van der Waals surface area contributed by atoms with Crippen LogP contribution in [0, 0.1) is 0 Å². The molecule has 2 aromatic carbocycles. The Labute approximate surface area is 181 Å². The number of likely N-dealkylation sites (tertiary alicyclic amines) is 1. The summed E-state index contributed by atoms with van der Waals surface area (Å²) in [5.41, 5.74) is 1.76. The molecule has 0 saturated carbocycles. The van der Waals surface area contributed by atoms with Gasteiger partial charge in [0.2, 0.25) is 5.88 Å². The number of nitrogens with one attached hydrogen (secondary N) is 1. The van der Waals surface area contributed by atoms with Crippen molar-refractivity contribution in [2.24, 2.45) is 0 Å². The summed E-state index contributed by atoms with van der Waals surface area (Å²) >= 11 is 0. The van der Waals surface area contributed by atoms with Gasteiger partial charge in [-0.3, -0.25) is 0 Å². The van der Waals surface area contributed by atoms with Crippen LogP contribution in [0.3, 0.4) is 0 Å². The molecule has 0 spiro atoms. The number of benzene rings is 2. The molecule has 31 heavy (non-hydrogen) atoms. The Morgan fingerprint density at radius 1 is 1.03 bits per heavy atom. The summed E-state index contributed by atoms with van der Waals surface area (Å²) in [7, 11) is 1.64. The van der Waals surface area contributed by atoms with E-state index in [2.05, 4.69) is 19.9 Å². The van der Waals surface area contributed by atoms with E-state index >= 15 is 0 Å². The molecule has 1 aliphatic heterocycles. The van der Waals surface area contributed by atoms with Gasteiger partial charge in [0.05, 0.1) is 24.6 Å². The number of nitrogens with zero attached hydrogens (tertiary/aromatic N) is 3. The van der Waals surface area contributed by atoms with Crippen molar-refractivity contribution in [2.45, 2.75) is 19.3 Å². The number of fused-ring (bicyclic) bond motifs is 2. The van der Waals surface area contributed by atoms with E-state index in [1.807, 2.05) is 42.6 Å². The van der Waals surface area contributed by atoms with Crippen molar-refractivity contribution in [1.29, 1.82) is 0 Å². The predicted molar refractivity (Wildman–Crippen MR) is 120 cm³/mol. The maximum atomic E-state index is 6.09. The van der Waals surface area contributed by atoms with E-state index in [4.69, 9.17) is 14.2 Å². The zero-order valence-electron chi connectivity index (χ0n) is 17.6. The highest BCUT2D eigenvalue weighted by molar-refractivity contribution is 5.87. The highest BCUT2D eigenvalue weighted by Crippen LogP contribution is 2.36. The third-order valence-electron chi connectivity index (χ3n) is 5.70. The smallest absolute Gasteiger partial charge is 0.230 e. The summed E-state index contributed by atoms with van der Waals surface area (Å²) in [6.45, 7) is 4.12. The van der Waals surface area contributed by atoms with Crippen LogP contribution in [-0.4, -0.2) is 53.2 Å². The van der Waals surface area contributed by atoms with Crippen molar-refractivity contribution < 1.29 is 14.2 Å². The number of hydrogen-bond acceptors (Lipinski definition) is 6. The van der Waals surface area contributed by atoms with Crippen molar-refractivity contribution in [2.75, 3.05) is 33.4 Å². The molecule has 4 aromatic rings. The summed E-state index contributed by atoms with van der Waals surface area (Å²) < 4.78 is 17.7. The third kappa shape index (κ3) is 4.27. The molecule has 3 heterocycles. The van der Waals surface area contributed by atoms with Crippen LogP contribution in [0.2, 0.25) is 0 Å². The van der Waals surface area contributed by atoms with Crippen LogP contribution >= 0.6 is 0 Å². The van der Waals surface area contributed by atoms with Gasteiger partial charge in [-0.1, -0.05) is 0 Å². The number of aromatic nitrogens is 3. The summed E-state index contributed by atoms with van der Waals surface area (Å²) in [6.07, 6.45) is 7.02. The Morgan fingerprint density at radius 3 is 2.81 bits per heavy atom. The monoisotopic (exact) mass is 418 g/mol. The molecule has 0 bridgehead atoms. The Morgan fingerprint density at radius 2 is 1.94 bits per heavy atom.